The van der Waals surface area contributed by atoms with Crippen LogP contribution in [0.25, 0.3) is 0 Å². The molecule has 0 aliphatic heterocycles. The molecule has 0 fully saturated rings. The normalized spacial score (nSPS) is 14.2. The molecule has 0 spiro atoms. The van der Waals surface area contributed by atoms with Gasteiger partial charge in [0.05, 0.1) is 5.60 Å². The van der Waals surface area contributed by atoms with Gasteiger partial charge in [-0.2, -0.15) is 0 Å². The van der Waals surface area contributed by atoms with E-state index >= 15 is 0 Å². The van der Waals surface area contributed by atoms with Gasteiger partial charge in [-0.15, -0.1) is 0 Å². The highest BCUT2D eigenvalue weighted by molar-refractivity contribution is 9.10. The van der Waals surface area contributed by atoms with Gasteiger partial charge in [-0.1, -0.05) is 45.7 Å². The molecule has 1 nitrogen and oxygen atoms in total. The average molecular weight is 344 g/mol. The average Bonchev–Trinajstić information content (AvgIpc) is 2.34. The van der Waals surface area contributed by atoms with Gasteiger partial charge in [-0.3, -0.25) is 0 Å². The number of hydrogen-bond acceptors (Lipinski definition) is 1. The predicted octanol–water partition coefficient (Wildman–Crippen LogP) is 4.69. The summed E-state index contributed by atoms with van der Waals surface area (Å²) in [6.07, 6.45) is 0.155. The second-order valence-electron chi connectivity index (χ2n) is 4.67. The summed E-state index contributed by atoms with van der Waals surface area (Å²) in [6.45, 7) is 1.63. The maximum absolute atomic E-state index is 13.8. The SMILES string of the molecule is CC(O)(Cc1cc(Br)ccc1F)c1ccccc1Cl. The standard InChI is InChI=1S/C15H13BrClFO/c1-15(19,12-4-2-3-5-13(12)17)9-10-8-11(16)6-7-14(10)18/h2-8,19H,9H2,1H3. The fourth-order valence-corrected chi connectivity index (χ4v) is 2.79. The maximum atomic E-state index is 13.8. The van der Waals surface area contributed by atoms with E-state index in [0.717, 1.165) is 4.47 Å². The summed E-state index contributed by atoms with van der Waals surface area (Å²) in [5.41, 5.74) is -0.185. The van der Waals surface area contributed by atoms with Crippen LogP contribution in [-0.2, 0) is 12.0 Å². The second-order valence-corrected chi connectivity index (χ2v) is 5.99. The first-order valence-electron chi connectivity index (χ1n) is 5.81. The lowest BCUT2D eigenvalue weighted by atomic mass is 9.89. The fraction of sp³-hybridized carbons (Fsp3) is 0.200. The van der Waals surface area contributed by atoms with E-state index in [4.69, 9.17) is 11.6 Å². The number of rotatable bonds is 3. The third kappa shape index (κ3) is 3.35. The minimum Gasteiger partial charge on any atom is -0.385 e. The molecule has 1 atom stereocenters. The van der Waals surface area contributed by atoms with E-state index < -0.39 is 5.60 Å². The molecule has 4 heteroatoms. The van der Waals surface area contributed by atoms with Crippen LogP contribution in [-0.4, -0.2) is 5.11 Å². The zero-order valence-electron chi connectivity index (χ0n) is 10.3. The Kier molecular flexibility index (Phi) is 4.29. The van der Waals surface area contributed by atoms with Gasteiger partial charge in [0.25, 0.3) is 0 Å². The van der Waals surface area contributed by atoms with E-state index in [0.29, 0.717) is 16.1 Å². The van der Waals surface area contributed by atoms with Crippen molar-refractivity contribution in [2.75, 3.05) is 0 Å². The van der Waals surface area contributed by atoms with Crippen LogP contribution in [0.4, 0.5) is 4.39 Å². The van der Waals surface area contributed by atoms with E-state index in [2.05, 4.69) is 15.9 Å². The van der Waals surface area contributed by atoms with E-state index in [1.54, 1.807) is 43.3 Å². The molecule has 0 aliphatic rings. The van der Waals surface area contributed by atoms with Crippen molar-refractivity contribution in [3.05, 3.63) is 68.9 Å². The molecule has 1 N–H and O–H groups in total. The zero-order chi connectivity index (χ0) is 14.0. The Balaban J connectivity index is 2.36. The van der Waals surface area contributed by atoms with Gasteiger partial charge in [-0.05, 0) is 36.8 Å². The van der Waals surface area contributed by atoms with Crippen LogP contribution in [0.1, 0.15) is 18.1 Å². The molecule has 0 radical (unpaired) electrons. The van der Waals surface area contributed by atoms with Crippen LogP contribution in [0.2, 0.25) is 5.02 Å². The molecular weight excluding hydrogens is 331 g/mol. The fourth-order valence-electron chi connectivity index (χ4n) is 2.04. The Labute approximate surface area is 125 Å². The summed E-state index contributed by atoms with van der Waals surface area (Å²) in [4.78, 5) is 0. The van der Waals surface area contributed by atoms with E-state index in [1.807, 2.05) is 0 Å². The topological polar surface area (TPSA) is 20.2 Å². The van der Waals surface area contributed by atoms with Gasteiger partial charge < -0.3 is 5.11 Å². The maximum Gasteiger partial charge on any atom is 0.126 e. The van der Waals surface area contributed by atoms with Gasteiger partial charge in [0.15, 0.2) is 0 Å². The van der Waals surface area contributed by atoms with Gasteiger partial charge in [0.2, 0.25) is 0 Å². The van der Waals surface area contributed by atoms with Crippen LogP contribution in [0.5, 0.6) is 0 Å². The first kappa shape index (κ1) is 14.5. The summed E-state index contributed by atoms with van der Waals surface area (Å²) in [6, 6.07) is 11.7. The first-order valence-corrected chi connectivity index (χ1v) is 6.98. The highest BCUT2D eigenvalue weighted by atomic mass is 79.9. The van der Waals surface area contributed by atoms with Crippen molar-refractivity contribution < 1.29 is 9.50 Å². The predicted molar refractivity (Wildman–Crippen MR) is 78.8 cm³/mol. The molecule has 0 aromatic heterocycles. The van der Waals surface area contributed by atoms with Gasteiger partial charge in [0.1, 0.15) is 5.82 Å². The lowest BCUT2D eigenvalue weighted by Crippen LogP contribution is -2.25. The molecule has 0 saturated heterocycles. The third-order valence-corrected chi connectivity index (χ3v) is 3.82. The Morgan fingerprint density at radius 2 is 1.95 bits per heavy atom. The van der Waals surface area contributed by atoms with Crippen LogP contribution < -0.4 is 0 Å². The lowest BCUT2D eigenvalue weighted by Gasteiger charge is -2.25. The Bertz CT molecular complexity index is 598. The number of hydrogen-bond donors (Lipinski definition) is 1. The van der Waals surface area contributed by atoms with Gasteiger partial charge in [-0.25, -0.2) is 4.39 Å². The molecular formula is C15H13BrClFO. The molecule has 0 aliphatic carbocycles. The van der Waals surface area contributed by atoms with Crippen molar-refractivity contribution in [1.29, 1.82) is 0 Å². The molecule has 2 aromatic rings. The smallest absolute Gasteiger partial charge is 0.126 e. The summed E-state index contributed by atoms with van der Waals surface area (Å²) in [5.74, 6) is -0.337. The van der Waals surface area contributed by atoms with Gasteiger partial charge in [0, 0.05) is 21.5 Å². The van der Waals surface area contributed by atoms with E-state index in [9.17, 15) is 9.50 Å². The van der Waals surface area contributed by atoms with Crippen molar-refractivity contribution in [2.45, 2.75) is 18.9 Å². The molecule has 19 heavy (non-hydrogen) atoms. The molecule has 0 saturated carbocycles. The van der Waals surface area contributed by atoms with Crippen molar-refractivity contribution >= 4 is 27.5 Å². The molecule has 2 rings (SSSR count). The molecule has 1 unspecified atom stereocenters. The summed E-state index contributed by atoms with van der Waals surface area (Å²) < 4.78 is 14.5. The van der Waals surface area contributed by atoms with Crippen molar-refractivity contribution in [3.63, 3.8) is 0 Å². The molecule has 100 valence electrons. The first-order chi connectivity index (χ1) is 8.90. The van der Waals surface area contributed by atoms with Crippen LogP contribution in [0, 0.1) is 5.82 Å². The third-order valence-electron chi connectivity index (χ3n) is 3.00. The number of benzene rings is 2. The van der Waals surface area contributed by atoms with Gasteiger partial charge >= 0.3 is 0 Å². The van der Waals surface area contributed by atoms with Crippen LogP contribution in [0.15, 0.2) is 46.9 Å². The Hall–Kier alpha value is -0.900. The summed E-state index contributed by atoms with van der Waals surface area (Å²) in [5, 5.41) is 11.0. The Morgan fingerprint density at radius 1 is 1.26 bits per heavy atom. The highest BCUT2D eigenvalue weighted by Gasteiger charge is 2.27. The van der Waals surface area contributed by atoms with E-state index in [1.165, 1.54) is 6.07 Å². The summed E-state index contributed by atoms with van der Waals surface area (Å²) in [7, 11) is 0. The largest absolute Gasteiger partial charge is 0.385 e. The minimum absolute atomic E-state index is 0.155. The minimum atomic E-state index is -1.22. The monoisotopic (exact) mass is 342 g/mol. The summed E-state index contributed by atoms with van der Waals surface area (Å²) >= 11 is 9.38. The highest BCUT2D eigenvalue weighted by Crippen LogP contribution is 2.32. The zero-order valence-corrected chi connectivity index (χ0v) is 12.7. The van der Waals surface area contributed by atoms with Crippen molar-refractivity contribution in [1.82, 2.24) is 0 Å². The number of aliphatic hydroxyl groups is 1. The van der Waals surface area contributed by atoms with Crippen LogP contribution in [0.3, 0.4) is 0 Å². The number of halogens is 3. The molecule has 0 heterocycles. The molecule has 0 amide bonds. The second kappa shape index (κ2) is 5.61. The lowest BCUT2D eigenvalue weighted by molar-refractivity contribution is 0.0568. The quantitative estimate of drug-likeness (QED) is 0.857. The Morgan fingerprint density at radius 3 is 2.63 bits per heavy atom. The molecule has 2 aromatic carbocycles. The van der Waals surface area contributed by atoms with Crippen molar-refractivity contribution in [2.24, 2.45) is 0 Å². The van der Waals surface area contributed by atoms with E-state index in [-0.39, 0.29) is 12.2 Å². The van der Waals surface area contributed by atoms with Crippen LogP contribution >= 0.6 is 27.5 Å². The molecule has 0 bridgehead atoms. The van der Waals surface area contributed by atoms with Crippen molar-refractivity contribution in [3.8, 4) is 0 Å².